The molecule has 4 aliphatic rings. The molecule has 0 spiro atoms. The maximum absolute atomic E-state index is 13.9. The van der Waals surface area contributed by atoms with Crippen LogP contribution in [0.2, 0.25) is 0 Å². The lowest BCUT2D eigenvalue weighted by atomic mass is 9.49. The third kappa shape index (κ3) is 3.91. The van der Waals surface area contributed by atoms with Crippen LogP contribution in [-0.4, -0.2) is 30.5 Å². The molecule has 4 fully saturated rings. The number of halogens is 7. The van der Waals surface area contributed by atoms with Gasteiger partial charge >= 0.3 is 12.4 Å². The highest BCUT2D eigenvalue weighted by Gasteiger charge is 2.72. The molecule has 4 aliphatic carbocycles. The van der Waals surface area contributed by atoms with Gasteiger partial charge in [0.05, 0.1) is 5.56 Å². The number of carbonyl (C=O) groups is 1. The van der Waals surface area contributed by atoms with E-state index in [9.17, 15) is 35.5 Å². The molecule has 0 aromatic heterocycles. The lowest BCUT2D eigenvalue weighted by Crippen LogP contribution is -2.76. The molecule has 172 valence electrons. The summed E-state index contributed by atoms with van der Waals surface area (Å²) < 4.78 is 97.4. The largest absolute Gasteiger partial charge is 0.434 e. The van der Waals surface area contributed by atoms with Crippen LogP contribution in [-0.2, 0) is 0 Å². The first-order chi connectivity index (χ1) is 14.3. The second-order valence-corrected chi connectivity index (χ2v) is 9.45. The molecular formula is C21H23F7N2O. The van der Waals surface area contributed by atoms with Gasteiger partial charge in [-0.25, -0.2) is 4.39 Å². The Labute approximate surface area is 174 Å². The molecule has 2 N–H and O–H groups in total. The van der Waals surface area contributed by atoms with Gasteiger partial charge in [-0.2, -0.15) is 26.3 Å². The second-order valence-electron chi connectivity index (χ2n) is 9.45. The number of alkyl halides is 6. The smallest absolute Gasteiger partial charge is 0.318 e. The van der Waals surface area contributed by atoms with Crippen molar-refractivity contribution >= 4 is 5.91 Å². The van der Waals surface area contributed by atoms with Gasteiger partial charge in [0.15, 0.2) is 0 Å². The van der Waals surface area contributed by atoms with Crippen LogP contribution in [0.4, 0.5) is 30.7 Å². The molecule has 1 amide bonds. The van der Waals surface area contributed by atoms with Gasteiger partial charge in [-0.3, -0.25) is 10.1 Å². The Morgan fingerprint density at radius 2 is 1.39 bits per heavy atom. The van der Waals surface area contributed by atoms with Crippen LogP contribution in [0, 0.1) is 29.0 Å². The van der Waals surface area contributed by atoms with E-state index in [2.05, 4.69) is 0 Å². The molecule has 31 heavy (non-hydrogen) atoms. The van der Waals surface area contributed by atoms with E-state index in [1.54, 1.807) is 5.32 Å². The fraction of sp³-hybridized carbons (Fsp3) is 0.667. The van der Waals surface area contributed by atoms with Gasteiger partial charge in [0, 0.05) is 6.54 Å². The zero-order chi connectivity index (χ0) is 22.7. The third-order valence-corrected chi connectivity index (χ3v) is 7.16. The zero-order valence-corrected chi connectivity index (χ0v) is 16.5. The Morgan fingerprint density at radius 1 is 0.903 bits per heavy atom. The summed E-state index contributed by atoms with van der Waals surface area (Å²) in [5, 5.41) is 2.75. The summed E-state index contributed by atoms with van der Waals surface area (Å²) in [5.74, 6) is -2.02. The van der Waals surface area contributed by atoms with Gasteiger partial charge in [-0.05, 0) is 73.8 Å². The van der Waals surface area contributed by atoms with E-state index in [-0.39, 0.29) is 0 Å². The van der Waals surface area contributed by atoms with Gasteiger partial charge in [-0.1, -0.05) is 12.1 Å². The Balaban J connectivity index is 1.63. The highest BCUT2D eigenvalue weighted by Crippen LogP contribution is 2.60. The van der Waals surface area contributed by atoms with Crippen LogP contribution in [0.5, 0.6) is 0 Å². The first kappa shape index (κ1) is 22.4. The Morgan fingerprint density at radius 3 is 1.84 bits per heavy atom. The molecule has 10 heteroatoms. The number of rotatable bonds is 5. The highest BCUT2D eigenvalue weighted by atomic mass is 19.4. The summed E-state index contributed by atoms with van der Waals surface area (Å²) in [4.78, 5) is 12.3. The maximum Gasteiger partial charge on any atom is 0.434 e. The summed E-state index contributed by atoms with van der Waals surface area (Å²) in [5.41, 5.74) is -6.22. The molecule has 5 rings (SSSR count). The van der Waals surface area contributed by atoms with Crippen LogP contribution in [0.25, 0.3) is 0 Å². The average Bonchev–Trinajstić information content (AvgIpc) is 2.62. The first-order valence-corrected chi connectivity index (χ1v) is 10.3. The van der Waals surface area contributed by atoms with E-state index in [1.807, 2.05) is 0 Å². The fourth-order valence-electron chi connectivity index (χ4n) is 6.26. The molecule has 4 bridgehead atoms. The molecule has 3 nitrogen and oxygen atoms in total. The lowest BCUT2D eigenvalue weighted by Gasteiger charge is -2.57. The van der Waals surface area contributed by atoms with Crippen LogP contribution in [0.3, 0.4) is 0 Å². The monoisotopic (exact) mass is 452 g/mol. The van der Waals surface area contributed by atoms with Gasteiger partial charge in [0.25, 0.3) is 11.6 Å². The Hall–Kier alpha value is -1.84. The molecule has 0 radical (unpaired) electrons. The van der Waals surface area contributed by atoms with Gasteiger partial charge < -0.3 is 5.32 Å². The predicted octanol–water partition coefficient (Wildman–Crippen LogP) is 5.18. The minimum Gasteiger partial charge on any atom is -0.318 e. The Bertz CT molecular complexity index is 800. The molecule has 0 heterocycles. The van der Waals surface area contributed by atoms with Crippen LogP contribution < -0.4 is 10.6 Å². The van der Waals surface area contributed by atoms with Gasteiger partial charge in [-0.15, -0.1) is 0 Å². The lowest BCUT2D eigenvalue weighted by molar-refractivity contribution is -0.316. The summed E-state index contributed by atoms with van der Waals surface area (Å²) in [6.45, 7) is -0.521. The molecule has 0 saturated heterocycles. The van der Waals surface area contributed by atoms with Gasteiger partial charge in [0.2, 0.25) is 0 Å². The minimum absolute atomic E-state index is 0.326. The van der Waals surface area contributed by atoms with Crippen molar-refractivity contribution in [1.82, 2.24) is 10.6 Å². The van der Waals surface area contributed by atoms with Gasteiger partial charge in [0.1, 0.15) is 5.82 Å². The van der Waals surface area contributed by atoms with Crippen LogP contribution in [0.1, 0.15) is 48.9 Å². The third-order valence-electron chi connectivity index (χ3n) is 7.16. The maximum atomic E-state index is 13.9. The molecule has 1 aromatic rings. The molecule has 0 aliphatic heterocycles. The van der Waals surface area contributed by atoms with Crippen molar-refractivity contribution in [3.8, 4) is 0 Å². The number of hydrogen-bond acceptors (Lipinski definition) is 2. The predicted molar refractivity (Wildman–Crippen MR) is 97.3 cm³/mol. The first-order valence-electron chi connectivity index (χ1n) is 10.3. The average molecular weight is 452 g/mol. The normalized spacial score (nSPS) is 30.5. The number of benzene rings is 1. The zero-order valence-electron chi connectivity index (χ0n) is 16.5. The van der Waals surface area contributed by atoms with Crippen molar-refractivity contribution in [2.24, 2.45) is 23.2 Å². The van der Waals surface area contributed by atoms with Crippen molar-refractivity contribution in [3.05, 3.63) is 35.6 Å². The standard InChI is InChI=1S/C21H23F7N2O/c22-16-4-2-1-3-15(16)17(31)30-19(20(23,24)25,21(26,27)28)29-11-18-8-12-5-13(9-18)7-14(6-12)10-18/h1-4,12-14,29H,5-11H2,(H,30,31). The van der Waals surface area contributed by atoms with E-state index in [0.29, 0.717) is 37.0 Å². The molecule has 0 unspecified atom stereocenters. The summed E-state index contributed by atoms with van der Waals surface area (Å²) >= 11 is 0. The second kappa shape index (κ2) is 7.35. The highest BCUT2D eigenvalue weighted by molar-refractivity contribution is 5.95. The number of hydrogen-bond donors (Lipinski definition) is 2. The van der Waals surface area contributed by atoms with E-state index >= 15 is 0 Å². The number of nitrogens with one attached hydrogen (secondary N) is 2. The van der Waals surface area contributed by atoms with Crippen LogP contribution in [0.15, 0.2) is 24.3 Å². The molecular weight excluding hydrogens is 429 g/mol. The molecule has 1 aromatic carbocycles. The summed E-state index contributed by atoms with van der Waals surface area (Å²) in [7, 11) is 0. The molecule has 0 atom stereocenters. The number of amides is 1. The Kier molecular flexibility index (Phi) is 5.30. The van der Waals surface area contributed by atoms with Crippen molar-refractivity contribution in [2.75, 3.05) is 6.54 Å². The van der Waals surface area contributed by atoms with E-state index in [0.717, 1.165) is 42.8 Å². The molecule has 4 saturated carbocycles. The van der Waals surface area contributed by atoms with E-state index in [1.165, 1.54) is 6.07 Å². The van der Waals surface area contributed by atoms with Crippen molar-refractivity contribution in [3.63, 3.8) is 0 Å². The summed E-state index contributed by atoms with van der Waals surface area (Å²) in [6, 6.07) is 3.96. The van der Waals surface area contributed by atoms with Crippen molar-refractivity contribution in [2.45, 2.75) is 56.5 Å². The topological polar surface area (TPSA) is 41.1 Å². The van der Waals surface area contributed by atoms with E-state index < -0.39 is 47.3 Å². The van der Waals surface area contributed by atoms with Crippen LogP contribution >= 0.6 is 0 Å². The number of carbonyl (C=O) groups excluding carboxylic acids is 1. The minimum atomic E-state index is -5.89. The SMILES string of the molecule is O=C(NC(NCC12CC3CC(CC(C3)C1)C2)(C(F)(F)F)C(F)(F)F)c1ccccc1F. The quantitative estimate of drug-likeness (QED) is 0.478. The van der Waals surface area contributed by atoms with Crippen molar-refractivity contribution in [1.29, 1.82) is 0 Å². The fourth-order valence-corrected chi connectivity index (χ4v) is 6.26. The van der Waals surface area contributed by atoms with E-state index in [4.69, 9.17) is 0 Å². The van der Waals surface area contributed by atoms with Crippen molar-refractivity contribution < 1.29 is 35.5 Å². The summed E-state index contributed by atoms with van der Waals surface area (Å²) in [6.07, 6.45) is -7.10.